The Balaban J connectivity index is 2.11. The fourth-order valence-corrected chi connectivity index (χ4v) is 5.03. The number of hydrogen-bond acceptors (Lipinski definition) is 5. The van der Waals surface area contributed by atoms with Crippen molar-refractivity contribution in [3.05, 3.63) is 35.4 Å². The van der Waals surface area contributed by atoms with Crippen LogP contribution in [-0.2, 0) is 31.9 Å². The van der Waals surface area contributed by atoms with E-state index in [2.05, 4.69) is 14.9 Å². The number of esters is 1. The normalized spacial score (nSPS) is 16.0. The predicted molar refractivity (Wildman–Crippen MR) is 118 cm³/mol. The van der Waals surface area contributed by atoms with E-state index in [9.17, 15) is 13.2 Å². The molecule has 0 radical (unpaired) electrons. The van der Waals surface area contributed by atoms with E-state index in [1.54, 1.807) is 13.8 Å². The predicted octanol–water partition coefficient (Wildman–Crippen LogP) is 1.86. The van der Waals surface area contributed by atoms with Gasteiger partial charge in [-0.2, -0.15) is 0 Å². The monoisotopic (exact) mass is 438 g/mol. The molecule has 8 nitrogen and oxygen atoms in total. The van der Waals surface area contributed by atoms with Crippen LogP contribution in [0.5, 0.6) is 0 Å². The average molecular weight is 439 g/mol. The van der Waals surface area contributed by atoms with Crippen molar-refractivity contribution in [2.75, 3.05) is 26.7 Å². The molecule has 1 heterocycles. The van der Waals surface area contributed by atoms with Crippen LogP contribution in [0.2, 0.25) is 0 Å². The van der Waals surface area contributed by atoms with Crippen LogP contribution >= 0.6 is 0 Å². The first kappa shape index (κ1) is 24.1. The van der Waals surface area contributed by atoms with Crippen molar-refractivity contribution < 1.29 is 17.9 Å². The summed E-state index contributed by atoms with van der Waals surface area (Å²) < 4.78 is 32.2. The molecule has 1 aliphatic heterocycles. The molecular formula is C21H34N4O4S. The topological polar surface area (TPSA) is 100 Å². The smallest absolute Gasteiger partial charge is 0.308 e. The number of carbonyl (C=O) groups excluding carboxylic acids is 1. The molecule has 1 aromatic carbocycles. The van der Waals surface area contributed by atoms with Crippen LogP contribution in [0.1, 0.15) is 44.7 Å². The van der Waals surface area contributed by atoms with Crippen LogP contribution in [0.25, 0.3) is 0 Å². The zero-order chi connectivity index (χ0) is 22.1. The highest BCUT2D eigenvalue weighted by Crippen LogP contribution is 2.19. The molecule has 1 aliphatic rings. The number of guanidine groups is 1. The molecule has 0 atom stereocenters. The van der Waals surface area contributed by atoms with E-state index in [-0.39, 0.29) is 23.7 Å². The van der Waals surface area contributed by atoms with Crippen molar-refractivity contribution in [2.24, 2.45) is 10.9 Å². The third kappa shape index (κ3) is 7.28. The number of nitrogens with zero attached hydrogens (tertiary/aromatic N) is 2. The molecule has 0 saturated carbocycles. The van der Waals surface area contributed by atoms with Crippen LogP contribution in [0.15, 0.2) is 29.3 Å². The van der Waals surface area contributed by atoms with Crippen LogP contribution in [0, 0.1) is 5.92 Å². The highest BCUT2D eigenvalue weighted by Gasteiger charge is 2.27. The molecule has 0 aromatic heterocycles. The summed E-state index contributed by atoms with van der Waals surface area (Å²) in [6, 6.07) is 7.34. The van der Waals surface area contributed by atoms with Gasteiger partial charge in [-0.15, -0.1) is 0 Å². The van der Waals surface area contributed by atoms with Gasteiger partial charge in [0.1, 0.15) is 0 Å². The minimum atomic E-state index is -3.41. The van der Waals surface area contributed by atoms with Gasteiger partial charge < -0.3 is 15.0 Å². The van der Waals surface area contributed by atoms with Crippen LogP contribution in [0.3, 0.4) is 0 Å². The van der Waals surface area contributed by atoms with Crippen molar-refractivity contribution in [3.63, 3.8) is 0 Å². The molecule has 2 N–H and O–H groups in total. The molecule has 0 bridgehead atoms. The first-order valence-corrected chi connectivity index (χ1v) is 12.1. The van der Waals surface area contributed by atoms with Gasteiger partial charge in [0, 0.05) is 25.7 Å². The van der Waals surface area contributed by atoms with Crippen LogP contribution < -0.4 is 10.0 Å². The third-order valence-electron chi connectivity index (χ3n) is 4.94. The molecule has 9 heteroatoms. The lowest BCUT2D eigenvalue weighted by atomic mass is 9.97. The maximum Gasteiger partial charge on any atom is 0.308 e. The number of ether oxygens (including phenoxy) is 1. The Morgan fingerprint density at radius 2 is 1.87 bits per heavy atom. The minimum absolute atomic E-state index is 0.0616. The molecule has 1 fully saturated rings. The van der Waals surface area contributed by atoms with E-state index in [1.165, 1.54) is 7.11 Å². The summed E-state index contributed by atoms with van der Waals surface area (Å²) in [6.45, 7) is 8.17. The number of methoxy groups -OCH3 is 1. The number of benzene rings is 1. The fourth-order valence-electron chi connectivity index (χ4n) is 3.54. The first-order valence-electron chi connectivity index (χ1n) is 10.4. The molecule has 1 saturated heterocycles. The van der Waals surface area contributed by atoms with Gasteiger partial charge in [-0.3, -0.25) is 4.79 Å². The van der Waals surface area contributed by atoms with Crippen molar-refractivity contribution in [3.8, 4) is 0 Å². The lowest BCUT2D eigenvalue weighted by Crippen LogP contribution is -2.46. The second-order valence-corrected chi connectivity index (χ2v) is 9.51. The van der Waals surface area contributed by atoms with Crippen LogP contribution in [0.4, 0.5) is 0 Å². The Kier molecular flexibility index (Phi) is 9.10. The van der Waals surface area contributed by atoms with E-state index in [4.69, 9.17) is 9.73 Å². The zero-order valence-corrected chi connectivity index (χ0v) is 19.2. The summed E-state index contributed by atoms with van der Waals surface area (Å²) in [5.74, 6) is 0.492. The zero-order valence-electron chi connectivity index (χ0n) is 18.3. The number of piperidine rings is 1. The summed E-state index contributed by atoms with van der Waals surface area (Å²) in [5, 5.41) is 3.30. The van der Waals surface area contributed by atoms with Gasteiger partial charge >= 0.3 is 5.97 Å². The number of aliphatic imine (C=N–C) groups is 1. The summed E-state index contributed by atoms with van der Waals surface area (Å²) in [7, 11) is -1.99. The number of likely N-dealkylation sites (tertiary alicyclic amines) is 1. The summed E-state index contributed by atoms with van der Waals surface area (Å²) in [4.78, 5) is 18.6. The SMILES string of the molecule is CCNC(=NCc1ccccc1CS(=O)(=O)NC(C)C)N1CCC(C(=O)OC)CC1. The van der Waals surface area contributed by atoms with Gasteiger partial charge in [-0.1, -0.05) is 24.3 Å². The molecule has 168 valence electrons. The van der Waals surface area contributed by atoms with Crippen LogP contribution in [-0.4, -0.2) is 58.0 Å². The van der Waals surface area contributed by atoms with Gasteiger partial charge in [0.15, 0.2) is 5.96 Å². The maximum absolute atomic E-state index is 12.4. The van der Waals surface area contributed by atoms with Crippen molar-refractivity contribution in [1.29, 1.82) is 0 Å². The van der Waals surface area contributed by atoms with Gasteiger partial charge in [0.25, 0.3) is 0 Å². The van der Waals surface area contributed by atoms with E-state index in [0.717, 1.165) is 49.6 Å². The van der Waals surface area contributed by atoms with Crippen molar-refractivity contribution >= 4 is 22.0 Å². The first-order chi connectivity index (χ1) is 14.3. The second-order valence-electron chi connectivity index (χ2n) is 7.75. The minimum Gasteiger partial charge on any atom is -0.469 e. The molecule has 0 spiro atoms. The van der Waals surface area contributed by atoms with Gasteiger partial charge in [0.05, 0.1) is 25.3 Å². The number of nitrogens with one attached hydrogen (secondary N) is 2. The Morgan fingerprint density at radius 3 is 2.43 bits per heavy atom. The maximum atomic E-state index is 12.4. The van der Waals surface area contributed by atoms with Crippen molar-refractivity contribution in [2.45, 2.75) is 52.0 Å². The molecular weight excluding hydrogens is 404 g/mol. The quantitative estimate of drug-likeness (QED) is 0.365. The standard InChI is InChI=1S/C21H34N4O4S/c1-5-22-21(25-12-10-17(11-13-25)20(26)29-4)23-14-18-8-6-7-9-19(18)15-30(27,28)24-16(2)3/h6-9,16-17,24H,5,10-15H2,1-4H3,(H,22,23). The molecule has 2 rings (SSSR count). The Labute approximate surface area is 180 Å². The van der Waals surface area contributed by atoms with E-state index in [1.807, 2.05) is 31.2 Å². The number of rotatable bonds is 8. The lowest BCUT2D eigenvalue weighted by molar-refractivity contribution is -0.146. The van der Waals surface area contributed by atoms with Crippen molar-refractivity contribution in [1.82, 2.24) is 14.9 Å². The largest absolute Gasteiger partial charge is 0.469 e. The number of carbonyl (C=O) groups is 1. The Hall–Kier alpha value is -2.13. The molecule has 0 aliphatic carbocycles. The van der Waals surface area contributed by atoms with E-state index >= 15 is 0 Å². The summed E-state index contributed by atoms with van der Waals surface area (Å²) in [6.07, 6.45) is 1.46. The highest BCUT2D eigenvalue weighted by molar-refractivity contribution is 7.88. The Bertz CT molecular complexity index is 831. The van der Waals surface area contributed by atoms with Gasteiger partial charge in [-0.25, -0.2) is 18.1 Å². The molecule has 1 aromatic rings. The molecule has 30 heavy (non-hydrogen) atoms. The average Bonchev–Trinajstić information content (AvgIpc) is 2.70. The fraction of sp³-hybridized carbons (Fsp3) is 0.619. The lowest BCUT2D eigenvalue weighted by Gasteiger charge is -2.33. The Morgan fingerprint density at radius 1 is 1.23 bits per heavy atom. The summed E-state index contributed by atoms with van der Waals surface area (Å²) >= 11 is 0. The highest BCUT2D eigenvalue weighted by atomic mass is 32.2. The summed E-state index contributed by atoms with van der Waals surface area (Å²) in [5.41, 5.74) is 1.63. The molecule has 0 unspecified atom stereocenters. The second kappa shape index (κ2) is 11.3. The van der Waals surface area contributed by atoms with Gasteiger partial charge in [-0.05, 0) is 44.7 Å². The van der Waals surface area contributed by atoms with Gasteiger partial charge in [0.2, 0.25) is 10.0 Å². The molecule has 0 amide bonds. The number of hydrogen-bond donors (Lipinski definition) is 2. The van der Waals surface area contributed by atoms with E-state index < -0.39 is 10.0 Å². The third-order valence-corrected chi connectivity index (χ3v) is 6.46. The number of sulfonamides is 1. The van der Waals surface area contributed by atoms with E-state index in [0.29, 0.717) is 6.54 Å².